The predicted octanol–water partition coefficient (Wildman–Crippen LogP) is 4.15. The van der Waals surface area contributed by atoms with E-state index in [9.17, 15) is 9.18 Å². The van der Waals surface area contributed by atoms with Crippen LogP contribution in [0.1, 0.15) is 11.1 Å². The molecule has 0 aliphatic heterocycles. The Labute approximate surface area is 129 Å². The number of carbonyl (C=O) groups is 1. The van der Waals surface area contributed by atoms with Crippen LogP contribution in [-0.4, -0.2) is 17.5 Å². The van der Waals surface area contributed by atoms with Gasteiger partial charge in [-0.2, -0.15) is 0 Å². The average Bonchev–Trinajstić information content (AvgIpc) is 2.53. The summed E-state index contributed by atoms with van der Waals surface area (Å²) in [5.41, 5.74) is 1.62. The molecule has 3 nitrogen and oxygen atoms in total. The van der Waals surface area contributed by atoms with Crippen molar-refractivity contribution in [3.63, 3.8) is 0 Å². The predicted molar refractivity (Wildman–Crippen MR) is 83.6 cm³/mol. The van der Waals surface area contributed by atoms with E-state index in [4.69, 9.17) is 4.74 Å². The Kier molecular flexibility index (Phi) is 5.72. The quantitative estimate of drug-likeness (QED) is 0.750. The Morgan fingerprint density at radius 2 is 1.86 bits per heavy atom. The van der Waals surface area contributed by atoms with Gasteiger partial charge in [0, 0.05) is 13.1 Å². The van der Waals surface area contributed by atoms with Gasteiger partial charge in [0.2, 0.25) is 0 Å². The molecule has 0 atom stereocenters. The molecular formula is C18H18FNO2. The summed E-state index contributed by atoms with van der Waals surface area (Å²) in [6.07, 6.45) is 1.16. The molecule has 114 valence electrons. The molecule has 0 aromatic heterocycles. The van der Waals surface area contributed by atoms with Crippen LogP contribution in [0.3, 0.4) is 0 Å². The van der Waals surface area contributed by atoms with Crippen molar-refractivity contribution in [2.75, 3.05) is 6.54 Å². The van der Waals surface area contributed by atoms with Gasteiger partial charge in [0.1, 0.15) is 12.4 Å². The van der Waals surface area contributed by atoms with Crippen molar-refractivity contribution in [3.05, 3.63) is 84.2 Å². The van der Waals surface area contributed by atoms with Crippen molar-refractivity contribution in [2.45, 2.75) is 13.2 Å². The van der Waals surface area contributed by atoms with E-state index in [1.807, 2.05) is 30.3 Å². The molecule has 0 aliphatic carbocycles. The Morgan fingerprint density at radius 1 is 1.14 bits per heavy atom. The zero-order chi connectivity index (χ0) is 15.8. The van der Waals surface area contributed by atoms with Gasteiger partial charge in [0.15, 0.2) is 0 Å². The molecule has 0 unspecified atom stereocenters. The SMILES string of the molecule is C=CCN(Cc1cccc(F)c1)C(=O)OCc1ccccc1. The smallest absolute Gasteiger partial charge is 0.410 e. The second kappa shape index (κ2) is 7.98. The largest absolute Gasteiger partial charge is 0.445 e. The minimum atomic E-state index is -0.451. The lowest BCUT2D eigenvalue weighted by atomic mass is 10.2. The molecule has 0 saturated heterocycles. The van der Waals surface area contributed by atoms with Crippen LogP contribution in [0.25, 0.3) is 0 Å². The van der Waals surface area contributed by atoms with E-state index in [0.717, 1.165) is 5.56 Å². The van der Waals surface area contributed by atoms with E-state index in [1.54, 1.807) is 18.2 Å². The second-order valence-electron chi connectivity index (χ2n) is 4.84. The minimum Gasteiger partial charge on any atom is -0.445 e. The summed E-state index contributed by atoms with van der Waals surface area (Å²) in [5.74, 6) is -0.325. The van der Waals surface area contributed by atoms with E-state index < -0.39 is 6.09 Å². The molecule has 0 fully saturated rings. The maximum absolute atomic E-state index is 13.2. The van der Waals surface area contributed by atoms with Gasteiger partial charge in [-0.25, -0.2) is 9.18 Å². The molecule has 2 aromatic carbocycles. The molecule has 4 heteroatoms. The average molecular weight is 299 g/mol. The number of hydrogen-bond donors (Lipinski definition) is 0. The van der Waals surface area contributed by atoms with Crippen LogP contribution < -0.4 is 0 Å². The normalized spacial score (nSPS) is 10.0. The van der Waals surface area contributed by atoms with Gasteiger partial charge < -0.3 is 9.64 Å². The number of amides is 1. The fourth-order valence-corrected chi connectivity index (χ4v) is 2.03. The monoisotopic (exact) mass is 299 g/mol. The lowest BCUT2D eigenvalue weighted by Gasteiger charge is -2.20. The maximum Gasteiger partial charge on any atom is 0.410 e. The van der Waals surface area contributed by atoms with Gasteiger partial charge in [-0.1, -0.05) is 48.5 Å². The van der Waals surface area contributed by atoms with Crippen molar-refractivity contribution in [1.82, 2.24) is 4.90 Å². The van der Waals surface area contributed by atoms with Gasteiger partial charge in [-0.05, 0) is 23.3 Å². The van der Waals surface area contributed by atoms with Crippen molar-refractivity contribution in [3.8, 4) is 0 Å². The highest BCUT2D eigenvalue weighted by molar-refractivity contribution is 5.67. The van der Waals surface area contributed by atoms with Crippen molar-refractivity contribution in [1.29, 1.82) is 0 Å². The third-order valence-corrected chi connectivity index (χ3v) is 3.08. The summed E-state index contributed by atoms with van der Waals surface area (Å²) in [5, 5.41) is 0. The van der Waals surface area contributed by atoms with Gasteiger partial charge in [0.25, 0.3) is 0 Å². The summed E-state index contributed by atoms with van der Waals surface area (Å²) in [6.45, 7) is 4.45. The maximum atomic E-state index is 13.2. The number of benzene rings is 2. The molecule has 0 radical (unpaired) electrons. The number of ether oxygens (including phenoxy) is 1. The van der Waals surface area contributed by atoms with Crippen LogP contribution in [0.5, 0.6) is 0 Å². The molecule has 0 aliphatic rings. The van der Waals surface area contributed by atoms with E-state index in [2.05, 4.69) is 6.58 Å². The Morgan fingerprint density at radius 3 is 2.55 bits per heavy atom. The van der Waals surface area contributed by atoms with Crippen LogP contribution >= 0.6 is 0 Å². The number of rotatable bonds is 6. The lowest BCUT2D eigenvalue weighted by Crippen LogP contribution is -2.31. The third kappa shape index (κ3) is 4.74. The lowest BCUT2D eigenvalue weighted by molar-refractivity contribution is 0.0978. The summed E-state index contributed by atoms with van der Waals surface area (Å²) in [4.78, 5) is 13.6. The van der Waals surface area contributed by atoms with E-state index in [0.29, 0.717) is 12.1 Å². The van der Waals surface area contributed by atoms with E-state index >= 15 is 0 Å². The highest BCUT2D eigenvalue weighted by Gasteiger charge is 2.14. The Balaban J connectivity index is 1.97. The molecule has 0 heterocycles. The van der Waals surface area contributed by atoms with Gasteiger partial charge in [-0.3, -0.25) is 0 Å². The van der Waals surface area contributed by atoms with Gasteiger partial charge >= 0.3 is 6.09 Å². The standard InChI is InChI=1S/C18H18FNO2/c1-2-11-20(13-16-9-6-10-17(19)12-16)18(21)22-14-15-7-4-3-5-8-15/h2-10,12H,1,11,13-14H2. The van der Waals surface area contributed by atoms with Gasteiger partial charge in [-0.15, -0.1) is 6.58 Å². The molecule has 0 spiro atoms. The minimum absolute atomic E-state index is 0.205. The molecule has 22 heavy (non-hydrogen) atoms. The van der Waals surface area contributed by atoms with Crippen molar-refractivity contribution < 1.29 is 13.9 Å². The topological polar surface area (TPSA) is 29.5 Å². The summed E-state index contributed by atoms with van der Waals surface area (Å²) < 4.78 is 18.5. The summed E-state index contributed by atoms with van der Waals surface area (Å²) >= 11 is 0. The number of nitrogens with zero attached hydrogens (tertiary/aromatic N) is 1. The number of hydrogen-bond acceptors (Lipinski definition) is 2. The van der Waals surface area contributed by atoms with Crippen molar-refractivity contribution >= 4 is 6.09 Å². The first-order valence-electron chi connectivity index (χ1n) is 7.00. The fraction of sp³-hybridized carbons (Fsp3) is 0.167. The van der Waals surface area contributed by atoms with Crippen molar-refractivity contribution in [2.24, 2.45) is 0 Å². The Bertz CT molecular complexity index is 628. The van der Waals surface area contributed by atoms with Crippen LogP contribution in [0.2, 0.25) is 0 Å². The van der Waals surface area contributed by atoms with E-state index in [1.165, 1.54) is 17.0 Å². The molecule has 2 aromatic rings. The number of carbonyl (C=O) groups excluding carboxylic acids is 1. The molecule has 1 amide bonds. The molecule has 0 bridgehead atoms. The first kappa shape index (κ1) is 15.8. The van der Waals surface area contributed by atoms with Gasteiger partial charge in [0.05, 0.1) is 0 Å². The second-order valence-corrected chi connectivity index (χ2v) is 4.84. The van der Waals surface area contributed by atoms with Crippen LogP contribution in [-0.2, 0) is 17.9 Å². The molecule has 0 N–H and O–H groups in total. The third-order valence-electron chi connectivity index (χ3n) is 3.08. The fourth-order valence-electron chi connectivity index (χ4n) is 2.03. The van der Waals surface area contributed by atoms with Crippen LogP contribution in [0, 0.1) is 5.82 Å². The first-order chi connectivity index (χ1) is 10.7. The Hall–Kier alpha value is -2.62. The van der Waals surface area contributed by atoms with Crippen LogP contribution in [0.4, 0.5) is 9.18 Å². The number of halogens is 1. The first-order valence-corrected chi connectivity index (χ1v) is 7.00. The highest BCUT2D eigenvalue weighted by Crippen LogP contribution is 2.10. The summed E-state index contributed by atoms with van der Waals surface area (Å²) in [6, 6.07) is 15.6. The highest BCUT2D eigenvalue weighted by atomic mass is 19.1. The van der Waals surface area contributed by atoms with Crippen LogP contribution in [0.15, 0.2) is 67.3 Å². The molecular weight excluding hydrogens is 281 g/mol. The zero-order valence-electron chi connectivity index (χ0n) is 12.2. The molecule has 0 saturated carbocycles. The summed E-state index contributed by atoms with van der Waals surface area (Å²) in [7, 11) is 0. The zero-order valence-corrected chi connectivity index (χ0v) is 12.2. The van der Waals surface area contributed by atoms with E-state index in [-0.39, 0.29) is 19.0 Å². The molecule has 2 rings (SSSR count).